The number of amides is 1. The molecule has 0 aliphatic carbocycles. The molecule has 1 aliphatic heterocycles. The number of halogens is 2. The minimum absolute atomic E-state index is 0.218. The van der Waals surface area contributed by atoms with Gasteiger partial charge < -0.3 is 19.2 Å². The molecule has 7 heteroatoms. The third-order valence-corrected chi connectivity index (χ3v) is 4.18. The zero-order valence-corrected chi connectivity index (χ0v) is 15.6. The smallest absolute Gasteiger partial charge is 0.244 e. The zero-order valence-electron chi connectivity index (χ0n) is 12.7. The minimum atomic E-state index is -0.218. The van der Waals surface area contributed by atoms with Crippen LogP contribution in [-0.2, 0) is 11.3 Å². The molecule has 5 nitrogen and oxygen atoms in total. The molecule has 1 aliphatic rings. The number of carbonyl (C=O) groups excluding carboxylic acids is 1. The normalized spacial score (nSPS) is 13.8. The quantitative estimate of drug-likeness (QED) is 0.554. The van der Waals surface area contributed by atoms with Gasteiger partial charge in [-0.15, -0.1) is 0 Å². The summed E-state index contributed by atoms with van der Waals surface area (Å²) in [4.78, 5) is 11.9. The molecule has 24 heavy (non-hydrogen) atoms. The Morgan fingerprint density at radius 1 is 1.29 bits per heavy atom. The van der Waals surface area contributed by atoms with Gasteiger partial charge in [-0.1, -0.05) is 11.6 Å². The first kappa shape index (κ1) is 17.2. The molecule has 2 heterocycles. The van der Waals surface area contributed by atoms with Gasteiger partial charge in [0.1, 0.15) is 5.76 Å². The Morgan fingerprint density at radius 2 is 2.12 bits per heavy atom. The predicted octanol–water partition coefficient (Wildman–Crippen LogP) is 4.03. The molecule has 126 valence electrons. The molecule has 1 amide bonds. The second-order valence-corrected chi connectivity index (χ2v) is 6.62. The predicted molar refractivity (Wildman–Crippen MR) is 99.4 cm³/mol. The Morgan fingerprint density at radius 3 is 2.92 bits per heavy atom. The Bertz CT molecular complexity index is 772. The molecule has 0 spiro atoms. The average molecular weight is 460 g/mol. The van der Waals surface area contributed by atoms with Gasteiger partial charge in [0.05, 0.1) is 18.2 Å². The van der Waals surface area contributed by atoms with Crippen LogP contribution in [0.15, 0.2) is 34.8 Å². The number of hydrogen-bond donors (Lipinski definition) is 1. The third kappa shape index (κ3) is 4.45. The van der Waals surface area contributed by atoms with Crippen LogP contribution in [0.4, 0.5) is 0 Å². The molecule has 0 saturated carbocycles. The van der Waals surface area contributed by atoms with Gasteiger partial charge in [0.25, 0.3) is 0 Å². The van der Waals surface area contributed by atoms with E-state index in [1.54, 1.807) is 18.2 Å². The average Bonchev–Trinajstić information content (AvgIpc) is 2.82. The van der Waals surface area contributed by atoms with Crippen LogP contribution in [-0.4, -0.2) is 19.1 Å². The van der Waals surface area contributed by atoms with Crippen LogP contribution >= 0.6 is 34.2 Å². The van der Waals surface area contributed by atoms with Crippen molar-refractivity contribution in [1.82, 2.24) is 5.32 Å². The topological polar surface area (TPSA) is 60.7 Å². The van der Waals surface area contributed by atoms with E-state index in [0.29, 0.717) is 42.0 Å². The highest BCUT2D eigenvalue weighted by molar-refractivity contribution is 14.1. The molecule has 1 aromatic carbocycles. The first-order valence-corrected chi connectivity index (χ1v) is 8.87. The molecule has 2 aromatic rings. The number of rotatable bonds is 4. The van der Waals surface area contributed by atoms with E-state index in [4.69, 9.17) is 25.5 Å². The summed E-state index contributed by atoms with van der Waals surface area (Å²) < 4.78 is 17.3. The summed E-state index contributed by atoms with van der Waals surface area (Å²) in [5, 5.41) is 3.29. The molecule has 0 bridgehead atoms. The van der Waals surface area contributed by atoms with Gasteiger partial charge in [-0.05, 0) is 58.5 Å². The first-order chi connectivity index (χ1) is 11.6. The maximum Gasteiger partial charge on any atom is 0.244 e. The molecular formula is C17H15ClINO4. The van der Waals surface area contributed by atoms with Crippen molar-refractivity contribution in [3.05, 3.63) is 50.5 Å². The molecule has 0 radical (unpaired) electrons. The van der Waals surface area contributed by atoms with Crippen molar-refractivity contribution in [2.45, 2.75) is 13.0 Å². The number of ether oxygens (including phenoxy) is 2. The molecular weight excluding hydrogens is 445 g/mol. The van der Waals surface area contributed by atoms with E-state index < -0.39 is 0 Å². The van der Waals surface area contributed by atoms with E-state index >= 15 is 0 Å². The second kappa shape index (κ2) is 7.94. The summed E-state index contributed by atoms with van der Waals surface area (Å²) in [5.41, 5.74) is 0.846. The van der Waals surface area contributed by atoms with Crippen LogP contribution in [0.3, 0.4) is 0 Å². The lowest BCUT2D eigenvalue weighted by Gasteiger charge is -2.11. The van der Waals surface area contributed by atoms with Crippen LogP contribution in [0.2, 0.25) is 5.02 Å². The van der Waals surface area contributed by atoms with Crippen LogP contribution < -0.4 is 14.8 Å². The number of hydrogen-bond acceptors (Lipinski definition) is 4. The van der Waals surface area contributed by atoms with Crippen molar-refractivity contribution in [3.63, 3.8) is 0 Å². The third-order valence-electron chi connectivity index (χ3n) is 3.32. The van der Waals surface area contributed by atoms with Gasteiger partial charge in [0, 0.05) is 19.0 Å². The number of nitrogens with one attached hydrogen (secondary N) is 1. The number of fused-ring (bicyclic) bond motifs is 1. The van der Waals surface area contributed by atoms with E-state index in [9.17, 15) is 4.79 Å². The summed E-state index contributed by atoms with van der Waals surface area (Å²) in [6.07, 6.45) is 3.87. The maximum absolute atomic E-state index is 11.9. The maximum atomic E-state index is 11.9. The summed E-state index contributed by atoms with van der Waals surface area (Å²) in [6.45, 7) is 1.51. The fraction of sp³-hybridized carbons (Fsp3) is 0.235. The SMILES string of the molecule is O=C(/C=C/c1ccc(I)o1)NCc1cc(Cl)c2c(c1)OCCCO2. The second-order valence-electron chi connectivity index (χ2n) is 5.15. The Balaban J connectivity index is 1.62. The van der Waals surface area contributed by atoms with Gasteiger partial charge in [-0.3, -0.25) is 4.79 Å². The van der Waals surface area contributed by atoms with Crippen molar-refractivity contribution >= 4 is 46.2 Å². The Labute approximate surface area is 158 Å². The molecule has 0 unspecified atom stereocenters. The fourth-order valence-electron chi connectivity index (χ4n) is 2.21. The summed E-state index contributed by atoms with van der Waals surface area (Å²) in [5.74, 6) is 1.60. The monoisotopic (exact) mass is 459 g/mol. The van der Waals surface area contributed by atoms with Crippen LogP contribution in [0.25, 0.3) is 6.08 Å². The highest BCUT2D eigenvalue weighted by Gasteiger charge is 2.15. The van der Waals surface area contributed by atoms with E-state index in [1.165, 1.54) is 6.08 Å². The van der Waals surface area contributed by atoms with Crippen molar-refractivity contribution in [1.29, 1.82) is 0 Å². The zero-order chi connectivity index (χ0) is 16.9. The van der Waals surface area contributed by atoms with Crippen molar-refractivity contribution in [3.8, 4) is 11.5 Å². The number of benzene rings is 1. The highest BCUT2D eigenvalue weighted by atomic mass is 127. The van der Waals surface area contributed by atoms with Crippen molar-refractivity contribution < 1.29 is 18.7 Å². The standard InChI is InChI=1S/C17H15ClINO4/c18-13-8-11(9-14-17(13)23-7-1-6-22-14)10-20-16(21)5-3-12-2-4-15(19)24-12/h2-5,8-9H,1,6-7,10H2,(H,20,21)/b5-3+. The van der Waals surface area contributed by atoms with Crippen LogP contribution in [0.1, 0.15) is 17.7 Å². The molecule has 0 atom stereocenters. The van der Waals surface area contributed by atoms with E-state index in [0.717, 1.165) is 15.8 Å². The lowest BCUT2D eigenvalue weighted by Crippen LogP contribution is -2.20. The Hall–Kier alpha value is -1.67. The lowest BCUT2D eigenvalue weighted by atomic mass is 10.2. The number of carbonyl (C=O) groups is 1. The molecule has 1 N–H and O–H groups in total. The van der Waals surface area contributed by atoms with Gasteiger partial charge in [0.2, 0.25) is 5.91 Å². The van der Waals surface area contributed by atoms with Crippen molar-refractivity contribution in [2.24, 2.45) is 0 Å². The fourth-order valence-corrected chi connectivity index (χ4v) is 2.93. The van der Waals surface area contributed by atoms with E-state index in [2.05, 4.69) is 27.9 Å². The van der Waals surface area contributed by atoms with Gasteiger partial charge >= 0.3 is 0 Å². The molecule has 0 fully saturated rings. The lowest BCUT2D eigenvalue weighted by molar-refractivity contribution is -0.116. The summed E-state index contributed by atoms with van der Waals surface area (Å²) in [6, 6.07) is 7.24. The van der Waals surface area contributed by atoms with Crippen LogP contribution in [0.5, 0.6) is 11.5 Å². The van der Waals surface area contributed by atoms with E-state index in [-0.39, 0.29) is 5.91 Å². The number of furan rings is 1. The molecule has 1 aromatic heterocycles. The highest BCUT2D eigenvalue weighted by Crippen LogP contribution is 2.37. The summed E-state index contributed by atoms with van der Waals surface area (Å²) in [7, 11) is 0. The van der Waals surface area contributed by atoms with Gasteiger partial charge in [-0.2, -0.15) is 0 Å². The summed E-state index contributed by atoms with van der Waals surface area (Å²) >= 11 is 8.30. The van der Waals surface area contributed by atoms with E-state index in [1.807, 2.05) is 12.1 Å². The Kier molecular flexibility index (Phi) is 5.68. The minimum Gasteiger partial charge on any atom is -0.489 e. The van der Waals surface area contributed by atoms with Crippen molar-refractivity contribution in [2.75, 3.05) is 13.2 Å². The van der Waals surface area contributed by atoms with Crippen LogP contribution in [0, 0.1) is 3.77 Å². The molecule has 3 rings (SSSR count). The molecule has 0 saturated heterocycles. The van der Waals surface area contributed by atoms with Gasteiger partial charge in [0.15, 0.2) is 15.3 Å². The largest absolute Gasteiger partial charge is 0.489 e. The van der Waals surface area contributed by atoms with Gasteiger partial charge in [-0.25, -0.2) is 0 Å². The first-order valence-electron chi connectivity index (χ1n) is 7.41.